The van der Waals surface area contributed by atoms with Gasteiger partial charge in [0.1, 0.15) is 24.4 Å². The van der Waals surface area contributed by atoms with Crippen LogP contribution in [-0.4, -0.2) is 67.4 Å². The number of fused-ring (bicyclic) bond motifs is 1. The van der Waals surface area contributed by atoms with Gasteiger partial charge in [-0.3, -0.25) is 9.35 Å². The molecule has 134 valence electrons. The van der Waals surface area contributed by atoms with Gasteiger partial charge in [-0.25, -0.2) is 4.18 Å². The first-order valence-electron chi connectivity index (χ1n) is 6.85. The molecular weight excluding hydrogens is 352 g/mol. The Kier molecular flexibility index (Phi) is 5.74. The predicted octanol–water partition coefficient (Wildman–Crippen LogP) is 0.346. The first kappa shape index (κ1) is 19.1. The number of methoxy groups -OCH3 is 1. The Morgan fingerprint density at radius 2 is 2.04 bits per heavy atom. The Morgan fingerprint density at radius 1 is 1.39 bits per heavy atom. The van der Waals surface area contributed by atoms with Crippen molar-refractivity contribution in [3.8, 4) is 0 Å². The molecule has 11 heteroatoms. The summed E-state index contributed by atoms with van der Waals surface area (Å²) < 4.78 is 58.0. The van der Waals surface area contributed by atoms with Gasteiger partial charge in [0, 0.05) is 19.8 Å². The molecule has 0 amide bonds. The van der Waals surface area contributed by atoms with E-state index in [1.807, 2.05) is 0 Å². The second-order valence-electron chi connectivity index (χ2n) is 5.63. The summed E-state index contributed by atoms with van der Waals surface area (Å²) in [4.78, 5) is 11.1. The highest BCUT2D eigenvalue weighted by molar-refractivity contribution is 8.13. The summed E-state index contributed by atoms with van der Waals surface area (Å²) in [6.07, 6.45) is -4.03. The molecule has 23 heavy (non-hydrogen) atoms. The zero-order valence-electron chi connectivity index (χ0n) is 13.1. The molecule has 5 atom stereocenters. The number of carbonyl (C=O) groups is 1. The minimum Gasteiger partial charge on any atom is -0.376 e. The predicted molar refractivity (Wildman–Crippen MR) is 79.1 cm³/mol. The van der Waals surface area contributed by atoms with Crippen molar-refractivity contribution < 1.29 is 40.9 Å². The van der Waals surface area contributed by atoms with Crippen molar-refractivity contribution in [1.29, 1.82) is 0 Å². The van der Waals surface area contributed by atoms with Crippen LogP contribution in [-0.2, 0) is 38.3 Å². The Labute approximate surface area is 138 Å². The van der Waals surface area contributed by atoms with E-state index in [1.54, 1.807) is 13.8 Å². The van der Waals surface area contributed by atoms with Crippen LogP contribution in [0.25, 0.3) is 0 Å². The molecule has 2 heterocycles. The second kappa shape index (κ2) is 6.92. The van der Waals surface area contributed by atoms with Crippen LogP contribution in [0.1, 0.15) is 20.8 Å². The minimum absolute atomic E-state index is 0.0392. The Morgan fingerprint density at radius 3 is 2.57 bits per heavy atom. The Balaban J connectivity index is 2.16. The number of carbonyl (C=O) groups excluding carboxylic acids is 1. The van der Waals surface area contributed by atoms with Crippen LogP contribution in [0.5, 0.6) is 0 Å². The molecule has 9 nitrogen and oxygen atoms in total. The summed E-state index contributed by atoms with van der Waals surface area (Å²) in [7, 11) is -3.31. The maximum absolute atomic E-state index is 11.1. The molecule has 2 rings (SSSR count). The monoisotopic (exact) mass is 372 g/mol. The first-order chi connectivity index (χ1) is 10.5. The summed E-state index contributed by atoms with van der Waals surface area (Å²) >= 11 is 0.851. The molecule has 0 bridgehead atoms. The lowest BCUT2D eigenvalue weighted by Gasteiger charge is -2.28. The lowest BCUT2D eigenvalue weighted by molar-refractivity contribution is -0.224. The molecule has 0 saturated carbocycles. The van der Waals surface area contributed by atoms with E-state index in [1.165, 1.54) is 14.0 Å². The van der Waals surface area contributed by atoms with Crippen molar-refractivity contribution in [2.45, 2.75) is 57.3 Å². The second-order valence-corrected chi connectivity index (χ2v) is 7.88. The van der Waals surface area contributed by atoms with E-state index < -0.39 is 46.9 Å². The smallest absolute Gasteiger partial charge is 0.376 e. The van der Waals surface area contributed by atoms with E-state index in [0.29, 0.717) is 0 Å². The fourth-order valence-electron chi connectivity index (χ4n) is 2.60. The third-order valence-electron chi connectivity index (χ3n) is 3.36. The van der Waals surface area contributed by atoms with Crippen molar-refractivity contribution in [2.24, 2.45) is 0 Å². The van der Waals surface area contributed by atoms with Gasteiger partial charge in [-0.2, -0.15) is 8.42 Å². The highest BCUT2D eigenvalue weighted by Gasteiger charge is 2.57. The molecule has 2 aliphatic rings. The molecule has 2 fully saturated rings. The van der Waals surface area contributed by atoms with Crippen molar-refractivity contribution in [3.63, 3.8) is 0 Å². The summed E-state index contributed by atoms with van der Waals surface area (Å²) in [6.45, 7) is 4.77. The fraction of sp³-hybridized carbons (Fsp3) is 0.917. The quantitative estimate of drug-likeness (QED) is 0.654. The highest BCUT2D eigenvalue weighted by Crippen LogP contribution is 2.40. The van der Waals surface area contributed by atoms with Crippen LogP contribution < -0.4 is 0 Å². The van der Waals surface area contributed by atoms with E-state index in [2.05, 4.69) is 4.18 Å². The SMILES string of the molecule is CO[C@@H]1[C@H]2OC(C)(C)O[C@H]2O[C@@H]1[C@@H](CSC(C)=O)OS(=O)(=O)O. The molecule has 2 aliphatic heterocycles. The van der Waals surface area contributed by atoms with Crippen LogP contribution in [0.3, 0.4) is 0 Å². The topological polar surface area (TPSA) is 118 Å². The molecule has 0 radical (unpaired) electrons. The van der Waals surface area contributed by atoms with E-state index in [4.69, 9.17) is 23.5 Å². The van der Waals surface area contributed by atoms with Gasteiger partial charge in [0.05, 0.1) is 0 Å². The number of thioether (sulfide) groups is 1. The molecular formula is C12H20O9S2. The van der Waals surface area contributed by atoms with E-state index in [0.717, 1.165) is 11.8 Å². The summed E-state index contributed by atoms with van der Waals surface area (Å²) in [5, 5.41) is -0.227. The van der Waals surface area contributed by atoms with Crippen molar-refractivity contribution in [2.75, 3.05) is 12.9 Å². The maximum Gasteiger partial charge on any atom is 0.397 e. The van der Waals surface area contributed by atoms with Gasteiger partial charge in [-0.15, -0.1) is 0 Å². The van der Waals surface area contributed by atoms with Crippen LogP contribution >= 0.6 is 11.8 Å². The van der Waals surface area contributed by atoms with Gasteiger partial charge in [-0.05, 0) is 13.8 Å². The third kappa shape index (κ3) is 4.86. The van der Waals surface area contributed by atoms with Gasteiger partial charge in [-0.1, -0.05) is 11.8 Å². The van der Waals surface area contributed by atoms with Crippen LogP contribution in [0.15, 0.2) is 0 Å². The molecule has 0 aromatic heterocycles. The van der Waals surface area contributed by atoms with Gasteiger partial charge in [0.15, 0.2) is 17.2 Å². The fourth-order valence-corrected chi connectivity index (χ4v) is 3.84. The van der Waals surface area contributed by atoms with Crippen molar-refractivity contribution in [1.82, 2.24) is 0 Å². The average molecular weight is 372 g/mol. The Bertz CT molecular complexity index is 547. The standard InChI is InChI=1S/C12H20O9S2/c1-6(13)22-5-7(21-23(14,15)16)8-9(17-4)10-11(18-8)20-12(2,3)19-10/h7-11H,5H2,1-4H3,(H,14,15,16)/t7-,8-,9+,10-,11-/m1/s1. The van der Waals surface area contributed by atoms with Crippen LogP contribution in [0.2, 0.25) is 0 Å². The highest BCUT2D eigenvalue weighted by atomic mass is 32.3. The van der Waals surface area contributed by atoms with Crippen molar-refractivity contribution in [3.05, 3.63) is 0 Å². The maximum atomic E-state index is 11.1. The van der Waals surface area contributed by atoms with Gasteiger partial charge in [0.25, 0.3) is 0 Å². The van der Waals surface area contributed by atoms with Crippen LogP contribution in [0, 0.1) is 0 Å². The number of hydrogen-bond donors (Lipinski definition) is 1. The number of ether oxygens (including phenoxy) is 4. The zero-order chi connectivity index (χ0) is 17.4. The van der Waals surface area contributed by atoms with Gasteiger partial charge in [0.2, 0.25) is 0 Å². The molecule has 0 unspecified atom stereocenters. The normalized spacial score (nSPS) is 34.3. The summed E-state index contributed by atoms with van der Waals surface area (Å²) in [6, 6.07) is 0. The summed E-state index contributed by atoms with van der Waals surface area (Å²) in [5.74, 6) is -0.896. The molecule has 0 spiro atoms. The molecule has 2 saturated heterocycles. The molecule has 0 aromatic carbocycles. The largest absolute Gasteiger partial charge is 0.397 e. The summed E-state index contributed by atoms with van der Waals surface area (Å²) in [5.41, 5.74) is 0. The van der Waals surface area contributed by atoms with Crippen LogP contribution in [0.4, 0.5) is 0 Å². The average Bonchev–Trinajstić information content (AvgIpc) is 2.84. The lowest BCUT2D eigenvalue weighted by atomic mass is 10.1. The molecule has 0 aromatic rings. The van der Waals surface area contributed by atoms with Gasteiger partial charge >= 0.3 is 10.4 Å². The molecule has 0 aliphatic carbocycles. The van der Waals surface area contributed by atoms with E-state index >= 15 is 0 Å². The van der Waals surface area contributed by atoms with E-state index in [-0.39, 0.29) is 10.9 Å². The van der Waals surface area contributed by atoms with E-state index in [9.17, 15) is 13.2 Å². The first-order valence-corrected chi connectivity index (χ1v) is 9.20. The number of hydrogen-bond acceptors (Lipinski definition) is 9. The lowest BCUT2D eigenvalue weighted by Crippen LogP contribution is -2.45. The number of rotatable bonds is 6. The minimum atomic E-state index is -4.73. The van der Waals surface area contributed by atoms with Gasteiger partial charge < -0.3 is 18.9 Å². The van der Waals surface area contributed by atoms with Crippen molar-refractivity contribution >= 4 is 27.3 Å². The molecule has 1 N–H and O–H groups in total. The third-order valence-corrected chi connectivity index (χ3v) is 4.75. The Hall–Kier alpha value is -0.270. The zero-order valence-corrected chi connectivity index (χ0v) is 14.8.